The van der Waals surface area contributed by atoms with Crippen LogP contribution in [0, 0.1) is 47.4 Å². The Hall–Kier alpha value is -3.94. The zero-order valence-corrected chi connectivity index (χ0v) is 31.2. The van der Waals surface area contributed by atoms with Gasteiger partial charge in [-0.05, 0) is 100 Å². The second kappa shape index (κ2) is 20.3. The Morgan fingerprint density at radius 3 is 1.12 bits per heavy atom. The SMILES string of the molecule is Cl.Cl.NC[C@H]1CC[C@H](C(=O)N2CCN(C(=O)C#CC(=O)c3ccccc3C(=O)C#CC(=O)N3CCN(C(=O)[C@H]4CC[C@H](CN)CC4)CC3)CC2)CC1. The van der Waals surface area contributed by atoms with Gasteiger partial charge in [-0.15, -0.1) is 24.8 Å². The molecule has 0 spiro atoms. The van der Waals surface area contributed by atoms with Crippen LogP contribution in [-0.2, 0) is 19.2 Å². The van der Waals surface area contributed by atoms with Crippen LogP contribution in [-0.4, -0.2) is 120 Å². The Kier molecular flexibility index (Phi) is 16.6. The fourth-order valence-electron chi connectivity index (χ4n) is 7.46. The standard InChI is InChI=1S/C38H48N6O6.2ClH/c39-25-27-5-9-29(10-6-27)37(49)43-21-17-41(18-22-43)35(47)15-13-33(45)31-3-1-2-4-32(31)34(46)14-16-36(48)42-19-23-44(24-20-42)38(50)30-11-7-28(26-40)8-12-30;;/h1-4,27-30H,5-12,17-26,39-40H2;2*1H/t27-,28-,29-,30-;;. The van der Waals surface area contributed by atoms with Crippen molar-refractivity contribution in [2.75, 3.05) is 65.4 Å². The molecule has 2 heterocycles. The van der Waals surface area contributed by atoms with E-state index in [1.165, 1.54) is 21.9 Å². The number of amides is 4. The van der Waals surface area contributed by atoms with Crippen molar-refractivity contribution in [3.63, 3.8) is 0 Å². The second-order valence-electron chi connectivity index (χ2n) is 13.8. The van der Waals surface area contributed by atoms with Gasteiger partial charge in [0.1, 0.15) is 0 Å². The Labute approximate surface area is 318 Å². The van der Waals surface area contributed by atoms with Crippen molar-refractivity contribution in [3.8, 4) is 23.7 Å². The molecule has 1 aromatic rings. The average molecular weight is 758 g/mol. The van der Waals surface area contributed by atoms with E-state index in [1.807, 2.05) is 0 Å². The summed E-state index contributed by atoms with van der Waals surface area (Å²) in [6.07, 6.45) is 7.24. The number of rotatable bonds is 6. The molecular weight excluding hydrogens is 707 g/mol. The lowest BCUT2D eigenvalue weighted by atomic mass is 9.81. The number of ketones is 2. The van der Waals surface area contributed by atoms with Crippen LogP contribution in [0.4, 0.5) is 0 Å². The monoisotopic (exact) mass is 756 g/mol. The van der Waals surface area contributed by atoms with Crippen LogP contribution in [0.2, 0.25) is 0 Å². The molecule has 282 valence electrons. The minimum Gasteiger partial charge on any atom is -0.339 e. The first-order valence-corrected chi connectivity index (χ1v) is 18.0. The number of carbonyl (C=O) groups is 6. The molecule has 4 N–H and O–H groups in total. The molecule has 2 aliphatic carbocycles. The highest BCUT2D eigenvalue weighted by molar-refractivity contribution is 6.21. The van der Waals surface area contributed by atoms with Crippen molar-refractivity contribution in [1.29, 1.82) is 0 Å². The van der Waals surface area contributed by atoms with E-state index in [0.717, 1.165) is 51.4 Å². The normalized spacial score (nSPS) is 23.0. The largest absolute Gasteiger partial charge is 0.339 e. The smallest absolute Gasteiger partial charge is 0.299 e. The summed E-state index contributed by atoms with van der Waals surface area (Å²) in [5.74, 6) is 8.30. The molecule has 0 aromatic heterocycles. The highest BCUT2D eigenvalue weighted by atomic mass is 35.5. The molecule has 1 aromatic carbocycles. The van der Waals surface area contributed by atoms with Gasteiger partial charge in [0.05, 0.1) is 0 Å². The summed E-state index contributed by atoms with van der Waals surface area (Å²) >= 11 is 0. The molecule has 0 unspecified atom stereocenters. The van der Waals surface area contributed by atoms with Gasteiger partial charge in [0.25, 0.3) is 11.8 Å². The van der Waals surface area contributed by atoms with Gasteiger partial charge in [0.15, 0.2) is 0 Å². The Bertz CT molecular complexity index is 1470. The first-order valence-electron chi connectivity index (χ1n) is 18.0. The number of halogens is 2. The average Bonchev–Trinajstić information content (AvgIpc) is 3.18. The van der Waals surface area contributed by atoms with Crippen molar-refractivity contribution >= 4 is 60.0 Å². The zero-order chi connectivity index (χ0) is 35.6. The number of nitrogens with two attached hydrogens (primary N) is 2. The van der Waals surface area contributed by atoms with Gasteiger partial charge in [-0.25, -0.2) is 0 Å². The summed E-state index contributed by atoms with van der Waals surface area (Å²) in [5.41, 5.74) is 11.5. The molecule has 2 aliphatic heterocycles. The maximum Gasteiger partial charge on any atom is 0.299 e. The molecule has 52 heavy (non-hydrogen) atoms. The van der Waals surface area contributed by atoms with Gasteiger partial charge >= 0.3 is 0 Å². The summed E-state index contributed by atoms with van der Waals surface area (Å²) in [7, 11) is 0. The predicted molar refractivity (Wildman–Crippen MR) is 200 cm³/mol. The van der Waals surface area contributed by atoms with Gasteiger partial charge in [-0.1, -0.05) is 12.1 Å². The molecule has 2 saturated heterocycles. The van der Waals surface area contributed by atoms with Crippen LogP contribution in [0.5, 0.6) is 0 Å². The maximum absolute atomic E-state index is 13.0. The van der Waals surface area contributed by atoms with Crippen molar-refractivity contribution in [2.45, 2.75) is 51.4 Å². The van der Waals surface area contributed by atoms with Gasteiger partial charge in [-0.2, -0.15) is 0 Å². The van der Waals surface area contributed by atoms with Crippen LogP contribution in [0.3, 0.4) is 0 Å². The summed E-state index contributed by atoms with van der Waals surface area (Å²) in [6.45, 7) is 4.26. The van der Waals surface area contributed by atoms with Crippen molar-refractivity contribution in [3.05, 3.63) is 35.4 Å². The number of nitrogens with zero attached hydrogens (tertiary/aromatic N) is 4. The van der Waals surface area contributed by atoms with E-state index >= 15 is 0 Å². The summed E-state index contributed by atoms with van der Waals surface area (Å²) in [4.78, 5) is 84.3. The fourth-order valence-corrected chi connectivity index (χ4v) is 7.46. The number of piperazine rings is 2. The lowest BCUT2D eigenvalue weighted by Crippen LogP contribution is -2.52. The summed E-state index contributed by atoms with van der Waals surface area (Å²) < 4.78 is 0. The lowest BCUT2D eigenvalue weighted by molar-refractivity contribution is -0.141. The quantitative estimate of drug-likeness (QED) is 0.252. The van der Waals surface area contributed by atoms with E-state index in [1.54, 1.807) is 21.9 Å². The molecule has 0 bridgehead atoms. The highest BCUT2D eigenvalue weighted by Gasteiger charge is 2.33. The second-order valence-corrected chi connectivity index (χ2v) is 13.8. The summed E-state index contributed by atoms with van der Waals surface area (Å²) in [5, 5.41) is 0. The molecular formula is C38H50Cl2N6O6. The van der Waals surface area contributed by atoms with E-state index in [-0.39, 0.29) is 59.6 Å². The first-order chi connectivity index (χ1) is 24.2. The molecule has 0 atom stereocenters. The van der Waals surface area contributed by atoms with E-state index in [0.29, 0.717) is 77.3 Å². The highest BCUT2D eigenvalue weighted by Crippen LogP contribution is 2.31. The molecule has 4 fully saturated rings. The van der Waals surface area contributed by atoms with E-state index in [4.69, 9.17) is 11.5 Å². The van der Waals surface area contributed by atoms with Crippen molar-refractivity contribution in [1.82, 2.24) is 19.6 Å². The van der Waals surface area contributed by atoms with Crippen molar-refractivity contribution < 1.29 is 28.8 Å². The van der Waals surface area contributed by atoms with E-state index in [9.17, 15) is 28.8 Å². The molecule has 4 aliphatic rings. The summed E-state index contributed by atoms with van der Waals surface area (Å²) in [6, 6.07) is 6.02. The topological polar surface area (TPSA) is 167 Å². The third-order valence-corrected chi connectivity index (χ3v) is 10.8. The Morgan fingerprint density at radius 2 is 0.808 bits per heavy atom. The first kappa shape index (κ1) is 42.5. The van der Waals surface area contributed by atoms with E-state index < -0.39 is 23.4 Å². The van der Waals surface area contributed by atoms with Crippen LogP contribution in [0.15, 0.2) is 24.3 Å². The molecule has 12 nitrogen and oxygen atoms in total. The number of hydrogen-bond acceptors (Lipinski definition) is 8. The zero-order valence-electron chi connectivity index (χ0n) is 29.6. The predicted octanol–water partition coefficient (Wildman–Crippen LogP) is 1.77. The van der Waals surface area contributed by atoms with Crippen molar-refractivity contribution in [2.24, 2.45) is 35.1 Å². The van der Waals surface area contributed by atoms with Crippen LogP contribution >= 0.6 is 24.8 Å². The Morgan fingerprint density at radius 1 is 0.500 bits per heavy atom. The number of carbonyl (C=O) groups excluding carboxylic acids is 6. The van der Waals surface area contributed by atoms with Gasteiger partial charge in [0.2, 0.25) is 23.4 Å². The third kappa shape index (κ3) is 10.8. The molecule has 14 heteroatoms. The molecule has 5 rings (SSSR count). The molecule has 0 radical (unpaired) electrons. The molecule has 2 saturated carbocycles. The Balaban J connectivity index is 0.00000364. The van der Waals surface area contributed by atoms with Gasteiger partial charge < -0.3 is 31.1 Å². The fraction of sp³-hybridized carbons (Fsp3) is 0.579. The molecule has 4 amide bonds. The number of benzene rings is 1. The number of Topliss-reactive ketones (excluding diaryl/α,β-unsaturated/α-hetero) is 2. The minimum absolute atomic E-state index is 0. The maximum atomic E-state index is 13.0. The van der Waals surface area contributed by atoms with Crippen LogP contribution in [0.1, 0.15) is 72.1 Å². The van der Waals surface area contributed by atoms with Gasteiger partial charge in [0, 0.05) is 87.2 Å². The number of hydrogen-bond donors (Lipinski definition) is 2. The van der Waals surface area contributed by atoms with Gasteiger partial charge in [-0.3, -0.25) is 28.8 Å². The lowest BCUT2D eigenvalue weighted by Gasteiger charge is -2.37. The van der Waals surface area contributed by atoms with E-state index in [2.05, 4.69) is 23.7 Å². The van der Waals surface area contributed by atoms with Crippen LogP contribution < -0.4 is 11.5 Å². The third-order valence-electron chi connectivity index (χ3n) is 10.8. The minimum atomic E-state index is -0.713. The van der Waals surface area contributed by atoms with Crippen LogP contribution in [0.25, 0.3) is 0 Å².